The van der Waals surface area contributed by atoms with Crippen molar-refractivity contribution in [2.24, 2.45) is 0 Å². The van der Waals surface area contributed by atoms with Gasteiger partial charge in [-0.05, 0) is 19.8 Å². The summed E-state index contributed by atoms with van der Waals surface area (Å²) in [6.45, 7) is 7.01. The van der Waals surface area contributed by atoms with E-state index in [2.05, 4.69) is 4.90 Å². The van der Waals surface area contributed by atoms with E-state index in [1.807, 2.05) is 11.8 Å². The number of carbonyl (C=O) groups is 1. The summed E-state index contributed by atoms with van der Waals surface area (Å²) in [6, 6.07) is 0. The molecule has 0 radical (unpaired) electrons. The van der Waals surface area contributed by atoms with E-state index in [9.17, 15) is 4.79 Å². The van der Waals surface area contributed by atoms with Crippen LogP contribution >= 0.6 is 0 Å². The third-order valence-corrected chi connectivity index (χ3v) is 3.26. The largest absolute Gasteiger partial charge is 0.378 e. The van der Waals surface area contributed by atoms with Gasteiger partial charge in [0, 0.05) is 38.0 Å². The van der Waals surface area contributed by atoms with Crippen molar-refractivity contribution >= 4 is 5.91 Å². The summed E-state index contributed by atoms with van der Waals surface area (Å²) >= 11 is 0. The second-order valence-electron chi connectivity index (χ2n) is 4.42. The summed E-state index contributed by atoms with van der Waals surface area (Å²) in [7, 11) is 0. The van der Waals surface area contributed by atoms with Gasteiger partial charge in [-0.15, -0.1) is 0 Å². The Balaban J connectivity index is 1.90. The van der Waals surface area contributed by atoms with E-state index in [0.29, 0.717) is 13.2 Å². The molecule has 0 aromatic carbocycles. The molecular formula is C12H20N2O2. The summed E-state index contributed by atoms with van der Waals surface area (Å²) < 4.78 is 5.23. The van der Waals surface area contributed by atoms with Gasteiger partial charge in [-0.2, -0.15) is 0 Å². The van der Waals surface area contributed by atoms with Crippen molar-refractivity contribution in [3.05, 3.63) is 11.8 Å². The highest BCUT2D eigenvalue weighted by molar-refractivity contribution is 5.88. The first-order valence-electron chi connectivity index (χ1n) is 6.07. The standard InChI is InChI=1S/C12H20N2O2/c1-11(13-4-2-3-5-13)10-12(15)14-6-8-16-9-7-14/h10H,2-9H2,1H3. The molecule has 2 rings (SSSR count). The summed E-state index contributed by atoms with van der Waals surface area (Å²) in [5.41, 5.74) is 1.11. The maximum Gasteiger partial charge on any atom is 0.248 e. The van der Waals surface area contributed by atoms with Crippen molar-refractivity contribution < 1.29 is 9.53 Å². The van der Waals surface area contributed by atoms with Gasteiger partial charge in [-0.25, -0.2) is 0 Å². The van der Waals surface area contributed by atoms with Crippen LogP contribution in [0.5, 0.6) is 0 Å². The predicted octanol–water partition coefficient (Wildman–Crippen LogP) is 0.845. The third-order valence-electron chi connectivity index (χ3n) is 3.26. The van der Waals surface area contributed by atoms with Crippen LogP contribution in [0.3, 0.4) is 0 Å². The van der Waals surface area contributed by atoms with Gasteiger partial charge in [0.2, 0.25) is 5.91 Å². The Morgan fingerprint density at radius 2 is 1.69 bits per heavy atom. The van der Waals surface area contributed by atoms with Crippen LogP contribution < -0.4 is 0 Å². The topological polar surface area (TPSA) is 32.8 Å². The van der Waals surface area contributed by atoms with Crippen molar-refractivity contribution in [2.45, 2.75) is 19.8 Å². The molecule has 2 aliphatic heterocycles. The Morgan fingerprint density at radius 1 is 1.06 bits per heavy atom. The lowest BCUT2D eigenvalue weighted by atomic mass is 10.3. The smallest absolute Gasteiger partial charge is 0.248 e. The number of ether oxygens (including phenoxy) is 1. The number of hydrogen-bond donors (Lipinski definition) is 0. The molecular weight excluding hydrogens is 204 g/mol. The second-order valence-corrected chi connectivity index (χ2v) is 4.42. The quantitative estimate of drug-likeness (QED) is 0.652. The Labute approximate surface area is 96.8 Å². The molecule has 0 spiro atoms. The van der Waals surface area contributed by atoms with E-state index >= 15 is 0 Å². The number of allylic oxidation sites excluding steroid dienone is 1. The minimum atomic E-state index is 0.132. The molecule has 4 nitrogen and oxygen atoms in total. The molecule has 90 valence electrons. The maximum absolute atomic E-state index is 11.9. The minimum absolute atomic E-state index is 0.132. The van der Waals surface area contributed by atoms with Crippen LogP contribution in [0, 0.1) is 0 Å². The van der Waals surface area contributed by atoms with Crippen molar-refractivity contribution in [3.8, 4) is 0 Å². The monoisotopic (exact) mass is 224 g/mol. The van der Waals surface area contributed by atoms with Crippen LogP contribution in [-0.2, 0) is 9.53 Å². The third kappa shape index (κ3) is 2.76. The molecule has 0 aromatic heterocycles. The first-order chi connectivity index (χ1) is 7.77. The minimum Gasteiger partial charge on any atom is -0.378 e. The van der Waals surface area contributed by atoms with Crippen molar-refractivity contribution in [1.29, 1.82) is 0 Å². The first kappa shape index (κ1) is 11.5. The number of morpholine rings is 1. The van der Waals surface area contributed by atoms with Crippen LogP contribution in [-0.4, -0.2) is 55.1 Å². The fraction of sp³-hybridized carbons (Fsp3) is 0.750. The van der Waals surface area contributed by atoms with Crippen molar-refractivity contribution in [2.75, 3.05) is 39.4 Å². The van der Waals surface area contributed by atoms with Crippen LogP contribution in [0.4, 0.5) is 0 Å². The lowest BCUT2D eigenvalue weighted by Gasteiger charge is -2.26. The molecule has 4 heteroatoms. The highest BCUT2D eigenvalue weighted by Crippen LogP contribution is 2.14. The lowest BCUT2D eigenvalue weighted by molar-refractivity contribution is -0.130. The molecule has 1 amide bonds. The zero-order chi connectivity index (χ0) is 11.4. The van der Waals surface area contributed by atoms with Gasteiger partial charge in [0.05, 0.1) is 13.2 Å². The number of hydrogen-bond acceptors (Lipinski definition) is 3. The molecule has 0 bridgehead atoms. The Morgan fingerprint density at radius 3 is 2.31 bits per heavy atom. The van der Waals surface area contributed by atoms with E-state index < -0.39 is 0 Å². The normalized spacial score (nSPS) is 22.7. The van der Waals surface area contributed by atoms with Gasteiger partial charge in [0.15, 0.2) is 0 Å². The van der Waals surface area contributed by atoms with Crippen molar-refractivity contribution in [3.63, 3.8) is 0 Å². The molecule has 0 aliphatic carbocycles. The van der Waals surface area contributed by atoms with Crippen LogP contribution in [0.2, 0.25) is 0 Å². The number of amides is 1. The van der Waals surface area contributed by atoms with Gasteiger partial charge < -0.3 is 14.5 Å². The fourth-order valence-corrected chi connectivity index (χ4v) is 2.21. The van der Waals surface area contributed by atoms with E-state index in [1.54, 1.807) is 6.08 Å². The molecule has 0 unspecified atom stereocenters. The van der Waals surface area contributed by atoms with Gasteiger partial charge in [0.1, 0.15) is 0 Å². The number of carbonyl (C=O) groups excluding carboxylic acids is 1. The molecule has 2 aliphatic rings. The fourth-order valence-electron chi connectivity index (χ4n) is 2.21. The predicted molar refractivity (Wildman–Crippen MR) is 62.0 cm³/mol. The molecule has 0 saturated carbocycles. The number of nitrogens with zero attached hydrogens (tertiary/aromatic N) is 2. The average Bonchev–Trinajstić information content (AvgIpc) is 2.83. The second kappa shape index (κ2) is 5.34. The van der Waals surface area contributed by atoms with E-state index in [4.69, 9.17) is 4.74 Å². The van der Waals surface area contributed by atoms with Gasteiger partial charge >= 0.3 is 0 Å². The molecule has 0 N–H and O–H groups in total. The van der Waals surface area contributed by atoms with Gasteiger partial charge in [0.25, 0.3) is 0 Å². The summed E-state index contributed by atoms with van der Waals surface area (Å²) in [4.78, 5) is 16.1. The Hall–Kier alpha value is -1.03. The zero-order valence-electron chi connectivity index (χ0n) is 9.95. The van der Waals surface area contributed by atoms with Crippen LogP contribution in [0.1, 0.15) is 19.8 Å². The number of rotatable bonds is 2. The zero-order valence-corrected chi connectivity index (χ0v) is 9.95. The summed E-state index contributed by atoms with van der Waals surface area (Å²) in [6.07, 6.45) is 4.27. The molecule has 16 heavy (non-hydrogen) atoms. The molecule has 2 heterocycles. The van der Waals surface area contributed by atoms with E-state index in [-0.39, 0.29) is 5.91 Å². The first-order valence-corrected chi connectivity index (χ1v) is 6.07. The SMILES string of the molecule is CC(=CC(=O)N1CCOCC1)N1CCCC1. The van der Waals surface area contributed by atoms with E-state index in [1.165, 1.54) is 12.8 Å². The van der Waals surface area contributed by atoms with Gasteiger partial charge in [-0.3, -0.25) is 4.79 Å². The summed E-state index contributed by atoms with van der Waals surface area (Å²) in [5, 5.41) is 0. The molecule has 0 aromatic rings. The highest BCUT2D eigenvalue weighted by Gasteiger charge is 2.17. The summed E-state index contributed by atoms with van der Waals surface area (Å²) in [5.74, 6) is 0.132. The van der Waals surface area contributed by atoms with Crippen LogP contribution in [0.25, 0.3) is 0 Å². The average molecular weight is 224 g/mol. The van der Waals surface area contributed by atoms with Crippen LogP contribution in [0.15, 0.2) is 11.8 Å². The van der Waals surface area contributed by atoms with E-state index in [0.717, 1.165) is 31.9 Å². The molecule has 2 saturated heterocycles. The van der Waals surface area contributed by atoms with Gasteiger partial charge in [-0.1, -0.05) is 0 Å². The van der Waals surface area contributed by atoms with Crippen molar-refractivity contribution in [1.82, 2.24) is 9.80 Å². The Bertz CT molecular complexity index is 277. The lowest BCUT2D eigenvalue weighted by Crippen LogP contribution is -2.40. The maximum atomic E-state index is 11.9. The number of likely N-dealkylation sites (tertiary alicyclic amines) is 1. The highest BCUT2D eigenvalue weighted by atomic mass is 16.5. The molecule has 0 atom stereocenters. The Kier molecular flexibility index (Phi) is 3.83. The molecule has 2 fully saturated rings.